The Labute approximate surface area is 95.2 Å². The summed E-state index contributed by atoms with van der Waals surface area (Å²) in [7, 11) is 0. The van der Waals surface area contributed by atoms with Crippen LogP contribution in [0, 0.1) is 5.41 Å². The van der Waals surface area contributed by atoms with Gasteiger partial charge in [-0.25, -0.2) is 0 Å². The molecule has 3 nitrogen and oxygen atoms in total. The second-order valence-corrected chi connectivity index (χ2v) is 5.22. The second-order valence-electron chi connectivity index (χ2n) is 4.95. The van der Waals surface area contributed by atoms with Gasteiger partial charge in [0.1, 0.15) is 5.88 Å². The highest BCUT2D eigenvalue weighted by Crippen LogP contribution is 2.46. The lowest BCUT2D eigenvalue weighted by Gasteiger charge is -2.36. The Hall–Kier alpha value is -0.570. The van der Waals surface area contributed by atoms with Crippen molar-refractivity contribution < 1.29 is 4.42 Å². The van der Waals surface area contributed by atoms with Gasteiger partial charge >= 0.3 is 0 Å². The summed E-state index contributed by atoms with van der Waals surface area (Å²) in [6.45, 7) is 4.56. The highest BCUT2D eigenvalue weighted by molar-refractivity contribution is 6.16. The van der Waals surface area contributed by atoms with Gasteiger partial charge in [-0.3, -0.25) is 0 Å². The minimum atomic E-state index is 0.272. The molecule has 1 fully saturated rings. The van der Waals surface area contributed by atoms with Crippen molar-refractivity contribution in [1.82, 2.24) is 10.2 Å². The van der Waals surface area contributed by atoms with Crippen LogP contribution in [0.1, 0.15) is 57.2 Å². The zero-order valence-corrected chi connectivity index (χ0v) is 10.0. The van der Waals surface area contributed by atoms with E-state index in [2.05, 4.69) is 24.0 Å². The minimum Gasteiger partial charge on any atom is -0.424 e. The lowest BCUT2D eigenvalue weighted by Crippen LogP contribution is -2.26. The van der Waals surface area contributed by atoms with E-state index in [-0.39, 0.29) is 5.41 Å². The van der Waals surface area contributed by atoms with Crippen LogP contribution in [0.4, 0.5) is 0 Å². The Morgan fingerprint density at radius 2 is 2.20 bits per heavy atom. The maximum atomic E-state index is 5.65. The van der Waals surface area contributed by atoms with E-state index in [4.69, 9.17) is 16.0 Å². The fourth-order valence-corrected chi connectivity index (χ4v) is 2.52. The van der Waals surface area contributed by atoms with E-state index in [1.807, 2.05) is 0 Å². The third-order valence-corrected chi connectivity index (χ3v) is 3.63. The molecular weight excluding hydrogens is 212 g/mol. The lowest BCUT2D eigenvalue weighted by molar-refractivity contribution is 0.172. The van der Waals surface area contributed by atoms with Gasteiger partial charge < -0.3 is 4.42 Å². The van der Waals surface area contributed by atoms with Crippen molar-refractivity contribution in [2.45, 2.75) is 51.3 Å². The topological polar surface area (TPSA) is 38.9 Å². The molecule has 1 saturated carbocycles. The fourth-order valence-electron chi connectivity index (χ4n) is 2.41. The molecule has 0 spiro atoms. The van der Waals surface area contributed by atoms with Gasteiger partial charge in [-0.05, 0) is 18.3 Å². The van der Waals surface area contributed by atoms with E-state index in [0.29, 0.717) is 17.7 Å². The predicted molar refractivity (Wildman–Crippen MR) is 58.8 cm³/mol. The summed E-state index contributed by atoms with van der Waals surface area (Å²) in [5.74, 6) is 2.01. The van der Waals surface area contributed by atoms with Gasteiger partial charge in [0.15, 0.2) is 0 Å². The van der Waals surface area contributed by atoms with Crippen LogP contribution in [0.25, 0.3) is 0 Å². The van der Waals surface area contributed by atoms with Crippen LogP contribution in [0.5, 0.6) is 0 Å². The molecule has 1 heterocycles. The van der Waals surface area contributed by atoms with E-state index in [9.17, 15) is 0 Å². The van der Waals surface area contributed by atoms with Gasteiger partial charge in [-0.15, -0.1) is 21.8 Å². The number of aromatic nitrogens is 2. The maximum Gasteiger partial charge on any atom is 0.231 e. The summed E-state index contributed by atoms with van der Waals surface area (Å²) >= 11 is 5.65. The van der Waals surface area contributed by atoms with Crippen LogP contribution in [0.15, 0.2) is 4.42 Å². The molecule has 1 aliphatic rings. The van der Waals surface area contributed by atoms with E-state index >= 15 is 0 Å². The van der Waals surface area contributed by atoms with Crippen LogP contribution in [-0.4, -0.2) is 10.2 Å². The van der Waals surface area contributed by atoms with Crippen molar-refractivity contribution in [2.75, 3.05) is 0 Å². The van der Waals surface area contributed by atoms with Gasteiger partial charge in [-0.2, -0.15) is 0 Å². The number of rotatable bonds is 2. The molecule has 1 aliphatic carbocycles. The van der Waals surface area contributed by atoms with Crippen LogP contribution < -0.4 is 0 Å². The van der Waals surface area contributed by atoms with Gasteiger partial charge in [-0.1, -0.05) is 26.7 Å². The summed E-state index contributed by atoms with van der Waals surface area (Å²) in [5, 5.41) is 8.03. The Bertz CT molecular complexity index is 335. The summed E-state index contributed by atoms with van der Waals surface area (Å²) in [4.78, 5) is 0. The molecule has 0 aromatic carbocycles. The van der Waals surface area contributed by atoms with Crippen LogP contribution in [0.2, 0.25) is 0 Å². The van der Waals surface area contributed by atoms with E-state index < -0.39 is 0 Å². The van der Waals surface area contributed by atoms with E-state index in [1.54, 1.807) is 0 Å². The summed E-state index contributed by atoms with van der Waals surface area (Å²) in [6.07, 6.45) is 4.94. The Morgan fingerprint density at radius 3 is 2.80 bits per heavy atom. The molecule has 4 heteroatoms. The fraction of sp³-hybridized carbons (Fsp3) is 0.818. The highest BCUT2D eigenvalue weighted by Gasteiger charge is 2.36. The average Bonchev–Trinajstić information content (AvgIpc) is 2.65. The molecule has 1 aromatic heterocycles. The van der Waals surface area contributed by atoms with Crippen molar-refractivity contribution in [1.29, 1.82) is 0 Å². The SMILES string of the molecule is CC1(C)CCCCC1c1nnc(CCl)o1. The molecule has 1 aromatic rings. The Kier molecular flexibility index (Phi) is 3.01. The van der Waals surface area contributed by atoms with E-state index in [1.165, 1.54) is 19.3 Å². The molecule has 0 aliphatic heterocycles. The van der Waals surface area contributed by atoms with Crippen molar-refractivity contribution in [2.24, 2.45) is 5.41 Å². The number of halogens is 1. The first-order valence-electron chi connectivity index (χ1n) is 5.52. The molecule has 0 radical (unpaired) electrons. The standard InChI is InChI=1S/C11H17ClN2O/c1-11(2)6-4-3-5-8(11)10-14-13-9(7-12)15-10/h8H,3-7H2,1-2H3. The predicted octanol–water partition coefficient (Wildman–Crippen LogP) is 3.49. The zero-order valence-electron chi connectivity index (χ0n) is 9.29. The first kappa shape index (κ1) is 10.9. The molecule has 1 unspecified atom stereocenters. The van der Waals surface area contributed by atoms with Gasteiger partial charge in [0.2, 0.25) is 11.8 Å². The van der Waals surface area contributed by atoms with Crippen LogP contribution in [-0.2, 0) is 5.88 Å². The van der Waals surface area contributed by atoms with Crippen molar-refractivity contribution in [3.05, 3.63) is 11.8 Å². The number of hydrogen-bond acceptors (Lipinski definition) is 3. The monoisotopic (exact) mass is 228 g/mol. The van der Waals surface area contributed by atoms with Crippen LogP contribution in [0.3, 0.4) is 0 Å². The summed E-state index contributed by atoms with van der Waals surface area (Å²) in [5.41, 5.74) is 0.272. The average molecular weight is 229 g/mol. The maximum absolute atomic E-state index is 5.65. The molecule has 0 saturated heterocycles. The van der Waals surface area contributed by atoms with Crippen molar-refractivity contribution >= 4 is 11.6 Å². The third-order valence-electron chi connectivity index (χ3n) is 3.40. The molecule has 1 atom stereocenters. The molecular formula is C11H17ClN2O. The first-order chi connectivity index (χ1) is 7.13. The Balaban J connectivity index is 2.21. The zero-order chi connectivity index (χ0) is 10.9. The molecule has 0 amide bonds. The molecule has 0 N–H and O–H groups in total. The summed E-state index contributed by atoms with van der Waals surface area (Å²) < 4.78 is 5.55. The largest absolute Gasteiger partial charge is 0.424 e. The van der Waals surface area contributed by atoms with Gasteiger partial charge in [0, 0.05) is 5.92 Å². The molecule has 84 valence electrons. The molecule has 2 rings (SSSR count). The smallest absolute Gasteiger partial charge is 0.231 e. The van der Waals surface area contributed by atoms with Crippen molar-refractivity contribution in [3.8, 4) is 0 Å². The minimum absolute atomic E-state index is 0.272. The van der Waals surface area contributed by atoms with E-state index in [0.717, 1.165) is 12.3 Å². The normalized spacial score (nSPS) is 25.4. The third kappa shape index (κ3) is 2.17. The first-order valence-corrected chi connectivity index (χ1v) is 6.05. The second kappa shape index (κ2) is 4.12. The Morgan fingerprint density at radius 1 is 1.40 bits per heavy atom. The van der Waals surface area contributed by atoms with Gasteiger partial charge in [0.05, 0.1) is 0 Å². The number of alkyl halides is 1. The lowest BCUT2D eigenvalue weighted by atomic mass is 9.69. The number of nitrogens with zero attached hydrogens (tertiary/aromatic N) is 2. The highest BCUT2D eigenvalue weighted by atomic mass is 35.5. The summed E-state index contributed by atoms with van der Waals surface area (Å²) in [6, 6.07) is 0. The van der Waals surface area contributed by atoms with Gasteiger partial charge in [0.25, 0.3) is 0 Å². The quantitative estimate of drug-likeness (QED) is 0.728. The van der Waals surface area contributed by atoms with Crippen LogP contribution >= 0.6 is 11.6 Å². The number of hydrogen-bond donors (Lipinski definition) is 0. The van der Waals surface area contributed by atoms with Crippen molar-refractivity contribution in [3.63, 3.8) is 0 Å². The molecule has 0 bridgehead atoms. The molecule has 15 heavy (non-hydrogen) atoms.